The molecule has 6 heteroatoms. The van der Waals surface area contributed by atoms with Crippen molar-refractivity contribution in [1.29, 1.82) is 0 Å². The number of carbonyl (C=O) groups excluding carboxylic acids is 2. The van der Waals surface area contributed by atoms with Crippen LogP contribution in [0.5, 0.6) is 0 Å². The third-order valence-electron chi connectivity index (χ3n) is 1.00. The average molecular weight is 186 g/mol. The van der Waals surface area contributed by atoms with Crippen molar-refractivity contribution in [2.24, 2.45) is 5.73 Å². The Hall–Kier alpha value is -1.56. The molecule has 0 fully saturated rings. The Bertz CT molecular complexity index is 283. The van der Waals surface area contributed by atoms with E-state index >= 15 is 0 Å². The van der Waals surface area contributed by atoms with Crippen LogP contribution < -0.4 is 11.2 Å². The fourth-order valence-electron chi connectivity index (χ4n) is 0.536. The number of hydrogen-bond acceptors (Lipinski definition) is 4. The molecule has 0 aliphatic heterocycles. The van der Waals surface area contributed by atoms with Crippen LogP contribution in [0.3, 0.4) is 0 Å². The van der Waals surface area contributed by atoms with Crippen LogP contribution in [0.2, 0.25) is 0 Å². The number of nitrogens with two attached hydrogens (primary N) is 1. The lowest BCUT2D eigenvalue weighted by atomic mass is 10.4. The van der Waals surface area contributed by atoms with Crippen molar-refractivity contribution in [3.05, 3.63) is 22.4 Å². The summed E-state index contributed by atoms with van der Waals surface area (Å²) in [4.78, 5) is 25.3. The molecular formula is C6H6N2O3S. The summed E-state index contributed by atoms with van der Waals surface area (Å²) in [7, 11) is 0. The third-order valence-corrected chi connectivity index (χ3v) is 1.68. The van der Waals surface area contributed by atoms with Crippen LogP contribution in [0, 0.1) is 0 Å². The van der Waals surface area contributed by atoms with E-state index in [9.17, 15) is 9.59 Å². The zero-order chi connectivity index (χ0) is 8.97. The van der Waals surface area contributed by atoms with Gasteiger partial charge in [-0.2, -0.15) is 16.8 Å². The van der Waals surface area contributed by atoms with Gasteiger partial charge in [0.15, 0.2) is 0 Å². The van der Waals surface area contributed by atoms with Gasteiger partial charge in [-0.05, 0) is 11.4 Å². The second kappa shape index (κ2) is 3.72. The second-order valence-corrected chi connectivity index (χ2v) is 2.65. The van der Waals surface area contributed by atoms with Crippen LogP contribution in [-0.2, 0) is 4.84 Å². The van der Waals surface area contributed by atoms with Crippen LogP contribution in [-0.4, -0.2) is 12.0 Å². The van der Waals surface area contributed by atoms with E-state index in [4.69, 9.17) is 0 Å². The van der Waals surface area contributed by atoms with Gasteiger partial charge < -0.3 is 10.6 Å². The Morgan fingerprint density at radius 2 is 2.33 bits per heavy atom. The topological polar surface area (TPSA) is 81.4 Å². The maximum absolute atomic E-state index is 10.9. The molecule has 3 N–H and O–H groups in total. The third kappa shape index (κ3) is 2.24. The first-order valence-corrected chi connectivity index (χ1v) is 3.93. The largest absolute Gasteiger partial charge is 0.363 e. The summed E-state index contributed by atoms with van der Waals surface area (Å²) in [6, 6.07) is 0.675. The van der Waals surface area contributed by atoms with E-state index < -0.39 is 12.0 Å². The van der Waals surface area contributed by atoms with Gasteiger partial charge in [-0.15, -0.1) is 0 Å². The van der Waals surface area contributed by atoms with Crippen molar-refractivity contribution in [1.82, 2.24) is 5.48 Å². The minimum absolute atomic E-state index is 0.383. The molecule has 1 aromatic heterocycles. The number of primary amides is 1. The summed E-state index contributed by atoms with van der Waals surface area (Å²) in [5, 5.41) is 3.33. The molecule has 0 saturated carbocycles. The standard InChI is InChI=1S/C6H6N2O3S/c7-6(10)8-11-5(9)4-1-2-12-3-4/h1-3H,(H3,7,8,10). The Kier molecular flexibility index (Phi) is 2.65. The zero-order valence-corrected chi connectivity index (χ0v) is 6.76. The van der Waals surface area contributed by atoms with Gasteiger partial charge >= 0.3 is 12.0 Å². The van der Waals surface area contributed by atoms with Crippen molar-refractivity contribution in [2.45, 2.75) is 0 Å². The number of nitrogens with one attached hydrogen (secondary N) is 1. The van der Waals surface area contributed by atoms with Crippen LogP contribution in [0.15, 0.2) is 16.8 Å². The monoisotopic (exact) mass is 186 g/mol. The smallest absolute Gasteiger partial charge is 0.349 e. The molecule has 0 radical (unpaired) electrons. The van der Waals surface area contributed by atoms with Crippen molar-refractivity contribution in [2.75, 3.05) is 0 Å². The Morgan fingerprint density at radius 1 is 1.58 bits per heavy atom. The molecule has 0 unspecified atom stereocenters. The van der Waals surface area contributed by atoms with Crippen molar-refractivity contribution in [3.63, 3.8) is 0 Å². The van der Waals surface area contributed by atoms with Gasteiger partial charge in [-0.25, -0.2) is 9.59 Å². The molecule has 0 bridgehead atoms. The molecule has 1 heterocycles. The first kappa shape index (κ1) is 8.54. The minimum atomic E-state index is -0.904. The molecule has 0 atom stereocenters. The predicted octanol–water partition coefficient (Wildman–Crippen LogP) is 0.488. The van der Waals surface area contributed by atoms with E-state index in [0.717, 1.165) is 0 Å². The highest BCUT2D eigenvalue weighted by Gasteiger charge is 2.07. The van der Waals surface area contributed by atoms with Gasteiger partial charge in [0.1, 0.15) is 0 Å². The fourth-order valence-corrected chi connectivity index (χ4v) is 1.16. The van der Waals surface area contributed by atoms with Crippen molar-refractivity contribution < 1.29 is 14.4 Å². The molecule has 0 aromatic carbocycles. The number of hydrogen-bond donors (Lipinski definition) is 2. The summed E-state index contributed by atoms with van der Waals surface area (Å²) in [5.74, 6) is -0.630. The number of thiophene rings is 1. The van der Waals surface area contributed by atoms with Gasteiger partial charge in [0.2, 0.25) is 0 Å². The van der Waals surface area contributed by atoms with Gasteiger partial charge in [0, 0.05) is 5.38 Å². The van der Waals surface area contributed by atoms with E-state index in [2.05, 4.69) is 10.6 Å². The average Bonchev–Trinajstić information content (AvgIpc) is 2.51. The highest BCUT2D eigenvalue weighted by atomic mass is 32.1. The zero-order valence-electron chi connectivity index (χ0n) is 5.94. The lowest BCUT2D eigenvalue weighted by molar-refractivity contribution is 0.0336. The van der Waals surface area contributed by atoms with E-state index in [1.165, 1.54) is 11.3 Å². The Labute approximate surface area is 72.1 Å². The molecular weight excluding hydrogens is 180 g/mol. The molecule has 1 rings (SSSR count). The van der Waals surface area contributed by atoms with Gasteiger partial charge in [-0.3, -0.25) is 0 Å². The lowest BCUT2D eigenvalue weighted by Gasteiger charge is -1.99. The van der Waals surface area contributed by atoms with Crippen LogP contribution in [0.4, 0.5) is 4.79 Å². The molecule has 0 spiro atoms. The highest BCUT2D eigenvalue weighted by molar-refractivity contribution is 7.08. The summed E-state index contributed by atoms with van der Waals surface area (Å²) in [6.07, 6.45) is 0. The predicted molar refractivity (Wildman–Crippen MR) is 42.5 cm³/mol. The van der Waals surface area contributed by atoms with E-state index in [-0.39, 0.29) is 0 Å². The first-order chi connectivity index (χ1) is 5.70. The number of urea groups is 1. The number of amides is 2. The van der Waals surface area contributed by atoms with E-state index in [0.29, 0.717) is 5.56 Å². The number of carbonyl (C=O) groups is 2. The van der Waals surface area contributed by atoms with E-state index in [1.54, 1.807) is 22.3 Å². The molecule has 1 aromatic rings. The summed E-state index contributed by atoms with van der Waals surface area (Å²) >= 11 is 1.36. The summed E-state index contributed by atoms with van der Waals surface area (Å²) in [5.41, 5.74) is 6.78. The summed E-state index contributed by atoms with van der Waals surface area (Å²) < 4.78 is 0. The van der Waals surface area contributed by atoms with E-state index in [1.807, 2.05) is 0 Å². The van der Waals surface area contributed by atoms with Gasteiger partial charge in [0.05, 0.1) is 5.56 Å². The number of hydroxylamine groups is 1. The van der Waals surface area contributed by atoms with Gasteiger partial charge in [-0.1, -0.05) is 0 Å². The summed E-state index contributed by atoms with van der Waals surface area (Å²) in [6.45, 7) is 0. The fraction of sp³-hybridized carbons (Fsp3) is 0. The normalized spacial score (nSPS) is 9.00. The maximum Gasteiger partial charge on any atom is 0.363 e. The molecule has 12 heavy (non-hydrogen) atoms. The lowest BCUT2D eigenvalue weighted by Crippen LogP contribution is -2.31. The van der Waals surface area contributed by atoms with Crippen molar-refractivity contribution >= 4 is 23.3 Å². The minimum Gasteiger partial charge on any atom is -0.349 e. The molecule has 0 aliphatic carbocycles. The maximum atomic E-state index is 10.9. The van der Waals surface area contributed by atoms with Crippen molar-refractivity contribution in [3.8, 4) is 0 Å². The van der Waals surface area contributed by atoms with Crippen LogP contribution in [0.1, 0.15) is 10.4 Å². The molecule has 64 valence electrons. The molecule has 0 aliphatic rings. The first-order valence-electron chi connectivity index (χ1n) is 2.99. The SMILES string of the molecule is NC(=O)NOC(=O)c1ccsc1. The Balaban J connectivity index is 2.45. The van der Waals surface area contributed by atoms with Crippen LogP contribution >= 0.6 is 11.3 Å². The molecule has 0 saturated heterocycles. The number of rotatable bonds is 1. The highest BCUT2D eigenvalue weighted by Crippen LogP contribution is 2.06. The quantitative estimate of drug-likeness (QED) is 0.626. The Morgan fingerprint density at radius 3 is 2.83 bits per heavy atom. The van der Waals surface area contributed by atoms with Crippen LogP contribution in [0.25, 0.3) is 0 Å². The van der Waals surface area contributed by atoms with Gasteiger partial charge in [0.25, 0.3) is 0 Å². The molecule has 5 nitrogen and oxygen atoms in total. The second-order valence-electron chi connectivity index (χ2n) is 1.87. The molecule has 2 amide bonds.